The standard InChI is InChI=1S/C29H42F6O7.C27H40F4O7/c30-28(31,32)26-7-18(6-21(10-26)38-13-22-14-39-22)1-3-24(26)41-12-19(36)11-37-20-5-17-2-4-25(42-16-23-15-40-23)27(8-17,9-20)29(33,34)35;28-24-4-2-23(38-14-21-13-36-21)27(31,16-24)7-18(5-24)33-9-17(32)10-37-22-1-3-25(29)6-19(8-26(22,30)15-25)34-11-20-12-35-20/h17-25,36H,1-16H2;17-23,32H,1-16H2. The molecule has 8 saturated carbocycles. The third-order valence-corrected chi connectivity index (χ3v) is 19.8. The Balaban J connectivity index is 0.000000170. The number of hydrogen-bond donors (Lipinski definition) is 2. The van der Waals surface area contributed by atoms with Crippen molar-refractivity contribution in [3.8, 4) is 0 Å². The van der Waals surface area contributed by atoms with E-state index in [9.17, 15) is 36.6 Å². The number of alkyl halides is 10. The summed E-state index contributed by atoms with van der Waals surface area (Å²) in [6, 6.07) is 0. The van der Waals surface area contributed by atoms with E-state index in [1.807, 2.05) is 0 Å². The highest BCUT2D eigenvalue weighted by atomic mass is 19.4. The van der Waals surface area contributed by atoms with Crippen molar-refractivity contribution < 1.29 is 111 Å². The molecule has 80 heavy (non-hydrogen) atoms. The Bertz CT molecular complexity index is 2050. The van der Waals surface area contributed by atoms with Crippen molar-refractivity contribution in [3.63, 3.8) is 0 Å². The van der Waals surface area contributed by atoms with E-state index in [-0.39, 0.29) is 166 Å². The van der Waals surface area contributed by atoms with Gasteiger partial charge in [-0.05, 0) is 102 Å². The minimum absolute atomic E-state index is 0.000229. The average molecular weight is 1170 g/mol. The summed E-state index contributed by atoms with van der Waals surface area (Å²) in [5, 5.41) is 21.1. The largest absolute Gasteiger partial charge is 0.397 e. The zero-order valence-electron chi connectivity index (χ0n) is 45.4. The van der Waals surface area contributed by atoms with Crippen LogP contribution >= 0.6 is 0 Å². The summed E-state index contributed by atoms with van der Waals surface area (Å²) < 4.78 is 216. The summed E-state index contributed by atoms with van der Waals surface area (Å²) in [6.45, 7) is 2.24. The number of epoxide rings is 4. The van der Waals surface area contributed by atoms with Crippen LogP contribution in [0.2, 0.25) is 0 Å². The monoisotopic (exact) mass is 1170 g/mol. The van der Waals surface area contributed by atoms with Gasteiger partial charge in [-0.25, -0.2) is 17.6 Å². The molecular weight excluding hydrogens is 1090 g/mol. The van der Waals surface area contributed by atoms with Crippen LogP contribution in [0.5, 0.6) is 0 Å². The van der Waals surface area contributed by atoms with Gasteiger partial charge in [0.05, 0.1) is 139 Å². The molecule has 0 aromatic rings. The van der Waals surface area contributed by atoms with Crippen molar-refractivity contribution in [2.45, 2.75) is 249 Å². The molecule has 0 spiro atoms. The summed E-state index contributed by atoms with van der Waals surface area (Å²) in [7, 11) is 0. The van der Waals surface area contributed by atoms with Gasteiger partial charge in [-0.2, -0.15) is 26.3 Å². The normalized spacial score (nSPS) is 47.1. The SMILES string of the molecule is OC(COC1CC2(F)CCC(OCC3CO3)C(F)(C1)C2)COC1CCC2(F)CC(OCC3CO3)CC1(F)C2.OC(COC1CC2CCC(OCC3CO3)C(C(F)(F)F)(C2)C1)COC1CCC2CC(OCC3CO3)CC1(C(F)(F)F)C2. The van der Waals surface area contributed by atoms with Crippen LogP contribution in [0.15, 0.2) is 0 Å². The molecule has 4 heterocycles. The molecule has 8 bridgehead atoms. The second-order valence-corrected chi connectivity index (χ2v) is 26.3. The molecule has 0 aromatic heterocycles. The third kappa shape index (κ3) is 14.4. The fraction of sp³-hybridized carbons (Fsp3) is 1.00. The number of aliphatic hydroxyl groups excluding tert-OH is 2. The van der Waals surface area contributed by atoms with Crippen LogP contribution in [0.3, 0.4) is 0 Å². The summed E-state index contributed by atoms with van der Waals surface area (Å²) in [4.78, 5) is 0. The molecule has 0 aromatic carbocycles. The number of rotatable bonds is 24. The van der Waals surface area contributed by atoms with Gasteiger partial charge < -0.3 is 67.1 Å². The lowest BCUT2D eigenvalue weighted by atomic mass is 9.59. The maximum Gasteiger partial charge on any atom is 0.397 e. The Hall–Kier alpha value is -1.26. The van der Waals surface area contributed by atoms with E-state index in [0.717, 1.165) is 0 Å². The third-order valence-electron chi connectivity index (χ3n) is 19.8. The van der Waals surface area contributed by atoms with Crippen molar-refractivity contribution in [3.05, 3.63) is 0 Å². The lowest BCUT2D eigenvalue weighted by Crippen LogP contribution is -2.58. The van der Waals surface area contributed by atoms with Gasteiger partial charge in [-0.3, -0.25) is 0 Å². The molecule has 8 aliphatic carbocycles. The first kappa shape index (κ1) is 60.4. The van der Waals surface area contributed by atoms with Crippen molar-refractivity contribution in [1.82, 2.24) is 0 Å². The molecule has 14 nitrogen and oxygen atoms in total. The molecule has 4 saturated heterocycles. The molecule has 12 aliphatic rings. The molecule has 22 atom stereocenters. The molecule has 460 valence electrons. The first-order valence-electron chi connectivity index (χ1n) is 29.6. The Morgan fingerprint density at radius 2 is 0.750 bits per heavy atom. The summed E-state index contributed by atoms with van der Waals surface area (Å²) in [6.07, 6.45) is -14.8. The van der Waals surface area contributed by atoms with Gasteiger partial charge in [0.2, 0.25) is 0 Å². The van der Waals surface area contributed by atoms with Gasteiger partial charge in [0, 0.05) is 38.5 Å². The minimum Gasteiger partial charge on any atom is -0.388 e. The van der Waals surface area contributed by atoms with E-state index >= 15 is 17.6 Å². The van der Waals surface area contributed by atoms with E-state index in [1.165, 1.54) is 0 Å². The van der Waals surface area contributed by atoms with E-state index in [0.29, 0.717) is 78.2 Å². The smallest absolute Gasteiger partial charge is 0.388 e. The molecule has 12 fully saturated rings. The molecule has 2 N–H and O–H groups in total. The number of fused-ring (bicyclic) bond motifs is 8. The first-order valence-corrected chi connectivity index (χ1v) is 29.6. The van der Waals surface area contributed by atoms with Crippen LogP contribution in [0.4, 0.5) is 43.9 Å². The van der Waals surface area contributed by atoms with E-state index in [4.69, 9.17) is 56.8 Å². The predicted octanol–water partition coefficient (Wildman–Crippen LogP) is 8.45. The Labute approximate surface area is 460 Å². The van der Waals surface area contributed by atoms with Crippen LogP contribution < -0.4 is 0 Å². The van der Waals surface area contributed by atoms with Crippen LogP contribution in [0.25, 0.3) is 0 Å². The fourth-order valence-electron chi connectivity index (χ4n) is 15.5. The molecule has 0 amide bonds. The Morgan fingerprint density at radius 1 is 0.400 bits per heavy atom. The topological polar surface area (TPSA) is 164 Å². The summed E-state index contributed by atoms with van der Waals surface area (Å²) in [5.41, 5.74) is -11.1. The molecule has 4 aliphatic heterocycles. The van der Waals surface area contributed by atoms with Crippen LogP contribution in [-0.2, 0) is 56.8 Å². The van der Waals surface area contributed by atoms with Gasteiger partial charge in [0.15, 0.2) is 0 Å². The highest BCUT2D eigenvalue weighted by molar-refractivity contribution is 5.11. The van der Waals surface area contributed by atoms with Crippen LogP contribution in [0.1, 0.15) is 128 Å². The molecule has 22 unspecified atom stereocenters. The Morgan fingerprint density at radius 3 is 1.20 bits per heavy atom. The summed E-state index contributed by atoms with van der Waals surface area (Å²) >= 11 is 0. The number of hydrogen-bond acceptors (Lipinski definition) is 14. The molecular formula is C56H82F10O14. The zero-order chi connectivity index (χ0) is 56.4. The van der Waals surface area contributed by atoms with Gasteiger partial charge >= 0.3 is 12.4 Å². The number of halogens is 10. The molecule has 24 heteroatoms. The van der Waals surface area contributed by atoms with E-state index < -0.39 is 107 Å². The zero-order valence-corrected chi connectivity index (χ0v) is 45.4. The average Bonchev–Trinajstić information content (AvgIpc) is 4.28. The van der Waals surface area contributed by atoms with Crippen molar-refractivity contribution in [2.75, 3.05) is 79.3 Å². The second kappa shape index (κ2) is 23.8. The Kier molecular flexibility index (Phi) is 18.0. The van der Waals surface area contributed by atoms with Crippen LogP contribution in [-0.4, -0.2) is 210 Å². The first-order chi connectivity index (χ1) is 37.9. The quantitative estimate of drug-likeness (QED) is 0.0699. The van der Waals surface area contributed by atoms with Crippen molar-refractivity contribution >= 4 is 0 Å². The summed E-state index contributed by atoms with van der Waals surface area (Å²) in [5.74, 6) is -0.291. The minimum atomic E-state index is -4.51. The maximum atomic E-state index is 15.9. The molecule has 12 rings (SSSR count). The highest BCUT2D eigenvalue weighted by Gasteiger charge is 2.67. The number of aliphatic hydroxyl groups is 2. The fourth-order valence-corrected chi connectivity index (χ4v) is 15.5. The van der Waals surface area contributed by atoms with Gasteiger partial charge in [0.25, 0.3) is 0 Å². The van der Waals surface area contributed by atoms with E-state index in [1.54, 1.807) is 0 Å². The molecule has 0 radical (unpaired) electrons. The van der Waals surface area contributed by atoms with Gasteiger partial charge in [-0.1, -0.05) is 0 Å². The maximum absolute atomic E-state index is 15.9. The lowest BCUT2D eigenvalue weighted by Gasteiger charge is -2.53. The van der Waals surface area contributed by atoms with Gasteiger partial charge in [0.1, 0.15) is 59.3 Å². The highest BCUT2D eigenvalue weighted by Crippen LogP contribution is 2.61. The lowest BCUT2D eigenvalue weighted by molar-refractivity contribution is -0.303. The van der Waals surface area contributed by atoms with Crippen LogP contribution in [0, 0.1) is 22.7 Å². The number of ether oxygens (including phenoxy) is 12. The predicted molar refractivity (Wildman–Crippen MR) is 261 cm³/mol. The van der Waals surface area contributed by atoms with Gasteiger partial charge in [-0.15, -0.1) is 0 Å². The van der Waals surface area contributed by atoms with E-state index in [2.05, 4.69) is 0 Å². The second-order valence-electron chi connectivity index (χ2n) is 26.3. The van der Waals surface area contributed by atoms with Crippen molar-refractivity contribution in [2.24, 2.45) is 22.7 Å². The van der Waals surface area contributed by atoms with Crippen molar-refractivity contribution in [1.29, 1.82) is 0 Å².